The third-order valence-electron chi connectivity index (χ3n) is 5.78. The third kappa shape index (κ3) is 5.19. The summed E-state index contributed by atoms with van der Waals surface area (Å²) in [6.45, 7) is 0.266. The fraction of sp³-hybridized carbons (Fsp3) is 0.231. The molecule has 1 saturated heterocycles. The van der Waals surface area contributed by atoms with E-state index in [4.69, 9.17) is 9.47 Å². The number of anilines is 1. The molecule has 0 radical (unpaired) electrons. The monoisotopic (exact) mass is 497 g/mol. The minimum Gasteiger partial charge on any atom is -0.497 e. The SMILES string of the molecule is COc1cccc(C(=O)OC2CCCN(c3ccc(-c4ccccc4S(C)(=O)=O)cc3F)C2=O)c1. The summed E-state index contributed by atoms with van der Waals surface area (Å²) in [5.41, 5.74) is 1.03. The second kappa shape index (κ2) is 9.87. The van der Waals surface area contributed by atoms with Crippen LogP contribution < -0.4 is 9.64 Å². The van der Waals surface area contributed by atoms with Crippen LogP contribution in [0.15, 0.2) is 71.6 Å². The minimum absolute atomic E-state index is 0.0396. The highest BCUT2D eigenvalue weighted by Crippen LogP contribution is 2.32. The molecule has 3 aromatic carbocycles. The summed E-state index contributed by atoms with van der Waals surface area (Å²) in [6, 6.07) is 17.0. The van der Waals surface area contributed by atoms with Crippen molar-refractivity contribution in [3.63, 3.8) is 0 Å². The van der Waals surface area contributed by atoms with Gasteiger partial charge in [-0.1, -0.05) is 30.3 Å². The molecule has 0 spiro atoms. The molecular weight excluding hydrogens is 473 g/mol. The molecule has 0 aromatic heterocycles. The van der Waals surface area contributed by atoms with Crippen LogP contribution >= 0.6 is 0 Å². The number of amides is 1. The van der Waals surface area contributed by atoms with Crippen LogP contribution in [0, 0.1) is 5.82 Å². The van der Waals surface area contributed by atoms with Gasteiger partial charge in [-0.2, -0.15) is 0 Å². The number of sulfone groups is 1. The quantitative estimate of drug-likeness (QED) is 0.473. The van der Waals surface area contributed by atoms with Crippen LogP contribution in [0.4, 0.5) is 10.1 Å². The molecular formula is C26H24FNO6S. The highest BCUT2D eigenvalue weighted by molar-refractivity contribution is 7.90. The predicted octanol–water partition coefficient (Wildman–Crippen LogP) is 4.26. The van der Waals surface area contributed by atoms with Crippen LogP contribution in [-0.4, -0.2) is 46.3 Å². The van der Waals surface area contributed by atoms with Gasteiger partial charge in [0.05, 0.1) is 23.3 Å². The smallest absolute Gasteiger partial charge is 0.339 e. The summed E-state index contributed by atoms with van der Waals surface area (Å²) in [6.07, 6.45) is 0.884. The van der Waals surface area contributed by atoms with Crippen LogP contribution in [-0.2, 0) is 19.4 Å². The molecule has 0 saturated carbocycles. The Morgan fingerprint density at radius 2 is 1.83 bits per heavy atom. The molecule has 1 atom stereocenters. The molecule has 1 heterocycles. The lowest BCUT2D eigenvalue weighted by Gasteiger charge is -2.32. The molecule has 0 N–H and O–H groups in total. The van der Waals surface area contributed by atoms with Gasteiger partial charge < -0.3 is 14.4 Å². The Hall–Kier alpha value is -3.72. The number of ether oxygens (including phenoxy) is 2. The van der Waals surface area contributed by atoms with E-state index in [9.17, 15) is 18.0 Å². The minimum atomic E-state index is -3.52. The lowest BCUT2D eigenvalue weighted by atomic mass is 10.0. The van der Waals surface area contributed by atoms with E-state index in [1.54, 1.807) is 42.5 Å². The summed E-state index contributed by atoms with van der Waals surface area (Å²) in [5.74, 6) is -1.39. The van der Waals surface area contributed by atoms with Crippen LogP contribution in [0.25, 0.3) is 11.1 Å². The molecule has 182 valence electrons. The number of esters is 1. The molecule has 0 aliphatic carbocycles. The van der Waals surface area contributed by atoms with Crippen LogP contribution in [0.2, 0.25) is 0 Å². The van der Waals surface area contributed by atoms with Gasteiger partial charge in [0, 0.05) is 18.4 Å². The number of piperidine rings is 1. The van der Waals surface area contributed by atoms with Gasteiger partial charge in [0.2, 0.25) is 0 Å². The summed E-state index contributed by atoms with van der Waals surface area (Å²) < 4.78 is 50.0. The number of hydrogen-bond donors (Lipinski definition) is 0. The zero-order valence-corrected chi connectivity index (χ0v) is 20.0. The first kappa shape index (κ1) is 24.4. The van der Waals surface area contributed by atoms with Gasteiger partial charge in [0.25, 0.3) is 5.91 Å². The maximum atomic E-state index is 15.2. The Morgan fingerprint density at radius 1 is 1.06 bits per heavy atom. The molecule has 7 nitrogen and oxygen atoms in total. The number of benzene rings is 3. The van der Waals surface area contributed by atoms with Crippen molar-refractivity contribution in [1.82, 2.24) is 0 Å². The maximum absolute atomic E-state index is 15.2. The Bertz CT molecular complexity index is 1390. The van der Waals surface area contributed by atoms with E-state index in [2.05, 4.69) is 0 Å². The van der Waals surface area contributed by atoms with E-state index in [0.717, 1.165) is 6.26 Å². The van der Waals surface area contributed by atoms with Gasteiger partial charge in [-0.15, -0.1) is 0 Å². The van der Waals surface area contributed by atoms with E-state index >= 15 is 4.39 Å². The molecule has 9 heteroatoms. The first-order valence-corrected chi connectivity index (χ1v) is 12.8. The van der Waals surface area contributed by atoms with Crippen molar-refractivity contribution >= 4 is 27.4 Å². The van der Waals surface area contributed by atoms with Crippen LogP contribution in [0.1, 0.15) is 23.2 Å². The second-order valence-electron chi connectivity index (χ2n) is 8.19. The van der Waals surface area contributed by atoms with E-state index < -0.39 is 33.6 Å². The fourth-order valence-electron chi connectivity index (χ4n) is 4.06. The van der Waals surface area contributed by atoms with Crippen molar-refractivity contribution < 1.29 is 31.9 Å². The Balaban J connectivity index is 1.57. The average molecular weight is 498 g/mol. The third-order valence-corrected chi connectivity index (χ3v) is 6.94. The number of nitrogens with zero attached hydrogens (tertiary/aromatic N) is 1. The highest BCUT2D eigenvalue weighted by Gasteiger charge is 2.34. The molecule has 1 aliphatic rings. The molecule has 1 unspecified atom stereocenters. The topological polar surface area (TPSA) is 90.0 Å². The molecule has 4 rings (SSSR count). The van der Waals surface area contributed by atoms with Crippen LogP contribution in [0.3, 0.4) is 0 Å². The molecule has 1 fully saturated rings. The Morgan fingerprint density at radius 3 is 2.54 bits per heavy atom. The molecule has 1 aliphatic heterocycles. The predicted molar refractivity (Wildman–Crippen MR) is 129 cm³/mol. The van der Waals surface area contributed by atoms with Gasteiger partial charge >= 0.3 is 5.97 Å². The number of methoxy groups -OCH3 is 1. The molecule has 35 heavy (non-hydrogen) atoms. The first-order valence-electron chi connectivity index (χ1n) is 10.9. The summed E-state index contributed by atoms with van der Waals surface area (Å²) >= 11 is 0. The molecule has 1 amide bonds. The van der Waals surface area contributed by atoms with Gasteiger partial charge in [0.1, 0.15) is 11.6 Å². The van der Waals surface area contributed by atoms with Gasteiger partial charge in [0.15, 0.2) is 15.9 Å². The first-order chi connectivity index (χ1) is 16.7. The number of carbonyl (C=O) groups excluding carboxylic acids is 2. The van der Waals surface area contributed by atoms with Crippen molar-refractivity contribution in [2.45, 2.75) is 23.8 Å². The second-order valence-corrected chi connectivity index (χ2v) is 10.2. The normalized spacial score (nSPS) is 16.1. The van der Waals surface area contributed by atoms with Crippen molar-refractivity contribution in [2.75, 3.05) is 24.8 Å². The maximum Gasteiger partial charge on any atom is 0.339 e. The van der Waals surface area contributed by atoms with Gasteiger partial charge in [-0.25, -0.2) is 17.6 Å². The zero-order valence-electron chi connectivity index (χ0n) is 19.2. The zero-order chi connectivity index (χ0) is 25.2. The molecule has 0 bridgehead atoms. The highest BCUT2D eigenvalue weighted by atomic mass is 32.2. The number of carbonyl (C=O) groups is 2. The number of rotatable bonds is 6. The van der Waals surface area contributed by atoms with Crippen molar-refractivity contribution in [3.05, 3.63) is 78.1 Å². The van der Waals surface area contributed by atoms with Gasteiger partial charge in [-0.05, 0) is 54.8 Å². The largest absolute Gasteiger partial charge is 0.497 e. The number of hydrogen-bond acceptors (Lipinski definition) is 6. The number of halogens is 1. The average Bonchev–Trinajstić information content (AvgIpc) is 2.85. The van der Waals surface area contributed by atoms with Gasteiger partial charge in [-0.3, -0.25) is 4.79 Å². The Kier molecular flexibility index (Phi) is 6.88. The van der Waals surface area contributed by atoms with Crippen molar-refractivity contribution in [1.29, 1.82) is 0 Å². The standard InChI is InChI=1S/C26H24FNO6S/c1-33-19-8-5-7-18(15-19)26(30)34-23-10-6-14-28(25(23)29)22-13-12-17(16-21(22)27)20-9-3-4-11-24(20)35(2,31)32/h3-5,7-9,11-13,15-16,23H,6,10,14H2,1-2H3. The van der Waals surface area contributed by atoms with E-state index in [1.165, 1.54) is 36.3 Å². The summed E-state index contributed by atoms with van der Waals surface area (Å²) in [4.78, 5) is 27.0. The lowest BCUT2D eigenvalue weighted by molar-refractivity contribution is -0.129. The van der Waals surface area contributed by atoms with E-state index in [0.29, 0.717) is 29.7 Å². The van der Waals surface area contributed by atoms with E-state index in [1.807, 2.05) is 0 Å². The molecule has 3 aromatic rings. The fourth-order valence-corrected chi connectivity index (χ4v) is 4.97. The Labute approximate surface area is 203 Å². The lowest BCUT2D eigenvalue weighted by Crippen LogP contribution is -2.46. The summed E-state index contributed by atoms with van der Waals surface area (Å²) in [5, 5.41) is 0. The van der Waals surface area contributed by atoms with Crippen molar-refractivity contribution in [3.8, 4) is 16.9 Å². The van der Waals surface area contributed by atoms with E-state index in [-0.39, 0.29) is 22.7 Å². The summed E-state index contributed by atoms with van der Waals surface area (Å²) in [7, 11) is -2.04. The van der Waals surface area contributed by atoms with Crippen molar-refractivity contribution in [2.24, 2.45) is 0 Å². The van der Waals surface area contributed by atoms with Crippen LogP contribution in [0.5, 0.6) is 5.75 Å².